The predicted octanol–water partition coefficient (Wildman–Crippen LogP) is 0.755. The third-order valence-electron chi connectivity index (χ3n) is 2.98. The van der Waals surface area contributed by atoms with E-state index in [-0.39, 0.29) is 18.9 Å². The first-order chi connectivity index (χ1) is 9.47. The Morgan fingerprint density at radius 3 is 2.65 bits per heavy atom. The van der Waals surface area contributed by atoms with Gasteiger partial charge in [0.2, 0.25) is 17.7 Å². The summed E-state index contributed by atoms with van der Waals surface area (Å²) in [5.74, 6) is -1.33. The van der Waals surface area contributed by atoms with Crippen molar-refractivity contribution < 1.29 is 14.4 Å². The average Bonchev–Trinajstić information content (AvgIpc) is 2.42. The minimum Gasteiger partial charge on any atom is -0.325 e. The number of nitrogens with one attached hydrogen (secondary N) is 1. The molecule has 0 aromatic heterocycles. The molecule has 2 rings (SSSR count). The first-order valence-electron chi connectivity index (χ1n) is 6.12. The fraction of sp³-hybridized carbons (Fsp3) is 0.308. The van der Waals surface area contributed by atoms with Gasteiger partial charge in [0.15, 0.2) is 0 Å². The second kappa shape index (κ2) is 6.02. The molecule has 1 aromatic carbocycles. The topological polar surface area (TPSA) is 92.5 Å². The average molecular weight is 296 g/mol. The van der Waals surface area contributed by atoms with Crippen molar-refractivity contribution in [1.82, 2.24) is 4.90 Å². The highest BCUT2D eigenvalue weighted by Crippen LogP contribution is 2.14. The quantitative estimate of drug-likeness (QED) is 0.805. The molecular formula is C13H14ClN3O3. The molecule has 1 atom stereocenters. The zero-order valence-corrected chi connectivity index (χ0v) is 11.4. The van der Waals surface area contributed by atoms with Gasteiger partial charge in [0, 0.05) is 17.1 Å². The van der Waals surface area contributed by atoms with E-state index in [2.05, 4.69) is 5.32 Å². The maximum Gasteiger partial charge on any atom is 0.246 e. The van der Waals surface area contributed by atoms with Crippen LogP contribution in [0.1, 0.15) is 12.8 Å². The largest absolute Gasteiger partial charge is 0.325 e. The molecule has 0 spiro atoms. The lowest BCUT2D eigenvalue weighted by molar-refractivity contribution is -0.151. The van der Waals surface area contributed by atoms with Gasteiger partial charge in [-0.3, -0.25) is 19.3 Å². The molecule has 1 fully saturated rings. The summed E-state index contributed by atoms with van der Waals surface area (Å²) in [6.07, 6.45) is 0.508. The van der Waals surface area contributed by atoms with Crippen molar-refractivity contribution in [3.05, 3.63) is 29.3 Å². The van der Waals surface area contributed by atoms with Crippen molar-refractivity contribution in [2.45, 2.75) is 18.9 Å². The van der Waals surface area contributed by atoms with Crippen LogP contribution in [0.3, 0.4) is 0 Å². The second-order valence-electron chi connectivity index (χ2n) is 4.52. The van der Waals surface area contributed by atoms with Gasteiger partial charge in [-0.15, -0.1) is 0 Å². The molecule has 6 nitrogen and oxygen atoms in total. The molecule has 1 saturated heterocycles. The highest BCUT2D eigenvalue weighted by Gasteiger charge is 2.33. The molecule has 1 aliphatic heterocycles. The van der Waals surface area contributed by atoms with Crippen LogP contribution >= 0.6 is 11.6 Å². The Balaban J connectivity index is 1.98. The number of hydrogen-bond donors (Lipinski definition) is 2. The Bertz CT molecular complexity index is 544. The van der Waals surface area contributed by atoms with Crippen LogP contribution in [0.25, 0.3) is 0 Å². The number of halogens is 1. The van der Waals surface area contributed by atoms with E-state index in [1.54, 1.807) is 24.3 Å². The van der Waals surface area contributed by atoms with Crippen molar-refractivity contribution in [3.63, 3.8) is 0 Å². The van der Waals surface area contributed by atoms with E-state index in [1.165, 1.54) is 0 Å². The fourth-order valence-corrected chi connectivity index (χ4v) is 2.03. The molecule has 1 unspecified atom stereocenters. The van der Waals surface area contributed by atoms with E-state index < -0.39 is 17.9 Å². The van der Waals surface area contributed by atoms with Crippen molar-refractivity contribution >= 4 is 35.0 Å². The van der Waals surface area contributed by atoms with Gasteiger partial charge in [-0.1, -0.05) is 11.6 Å². The van der Waals surface area contributed by atoms with Crippen LogP contribution in [0, 0.1) is 0 Å². The predicted molar refractivity (Wildman–Crippen MR) is 74.0 cm³/mol. The Kier molecular flexibility index (Phi) is 4.36. The zero-order valence-electron chi connectivity index (χ0n) is 10.6. The van der Waals surface area contributed by atoms with E-state index in [4.69, 9.17) is 17.3 Å². The lowest BCUT2D eigenvalue weighted by Gasteiger charge is -2.28. The van der Waals surface area contributed by atoms with Gasteiger partial charge < -0.3 is 11.1 Å². The second-order valence-corrected chi connectivity index (χ2v) is 4.95. The molecule has 3 N–H and O–H groups in total. The lowest BCUT2D eigenvalue weighted by atomic mass is 10.1. The molecule has 1 aliphatic rings. The molecular weight excluding hydrogens is 282 g/mol. The molecule has 0 saturated carbocycles. The molecule has 20 heavy (non-hydrogen) atoms. The van der Waals surface area contributed by atoms with Crippen molar-refractivity contribution in [2.75, 3.05) is 11.9 Å². The maximum atomic E-state index is 11.8. The zero-order chi connectivity index (χ0) is 14.7. The van der Waals surface area contributed by atoms with Crippen LogP contribution in [0.5, 0.6) is 0 Å². The van der Waals surface area contributed by atoms with E-state index in [0.717, 1.165) is 4.90 Å². The van der Waals surface area contributed by atoms with Gasteiger partial charge in [0.1, 0.15) is 6.54 Å². The van der Waals surface area contributed by atoms with Crippen LogP contribution in [0.2, 0.25) is 5.02 Å². The first-order valence-corrected chi connectivity index (χ1v) is 6.50. The summed E-state index contributed by atoms with van der Waals surface area (Å²) in [7, 11) is 0. The van der Waals surface area contributed by atoms with Gasteiger partial charge in [0.05, 0.1) is 6.04 Å². The normalized spacial score (nSPS) is 19.1. The number of carbonyl (C=O) groups excluding carboxylic acids is 3. The summed E-state index contributed by atoms with van der Waals surface area (Å²) in [5.41, 5.74) is 6.13. The number of benzene rings is 1. The fourth-order valence-electron chi connectivity index (χ4n) is 1.90. The van der Waals surface area contributed by atoms with Crippen LogP contribution in [-0.2, 0) is 14.4 Å². The number of carbonyl (C=O) groups is 3. The van der Waals surface area contributed by atoms with Crippen LogP contribution in [0.15, 0.2) is 24.3 Å². The van der Waals surface area contributed by atoms with Gasteiger partial charge in [-0.25, -0.2) is 0 Å². The minimum absolute atomic E-state index is 0.182. The number of nitrogens with zero attached hydrogens (tertiary/aromatic N) is 1. The Morgan fingerprint density at radius 1 is 1.35 bits per heavy atom. The summed E-state index contributed by atoms with van der Waals surface area (Å²) >= 11 is 5.73. The number of likely N-dealkylation sites (tertiary alicyclic amines) is 1. The summed E-state index contributed by atoms with van der Waals surface area (Å²) in [6.45, 7) is -0.325. The van der Waals surface area contributed by atoms with Crippen LogP contribution < -0.4 is 11.1 Å². The summed E-state index contributed by atoms with van der Waals surface area (Å²) < 4.78 is 0. The highest BCUT2D eigenvalue weighted by molar-refractivity contribution is 6.30. The number of amides is 3. The van der Waals surface area contributed by atoms with E-state index >= 15 is 0 Å². The standard InChI is InChI=1S/C13H14ClN3O3/c14-8-1-3-9(4-2-8)16-11(18)7-17-12(19)6-5-10(15)13(17)20/h1-4,10H,5-7,15H2,(H,16,18). The Labute approximate surface area is 120 Å². The molecule has 7 heteroatoms. The van der Waals surface area contributed by atoms with Gasteiger partial charge in [0.25, 0.3) is 0 Å². The van der Waals surface area contributed by atoms with E-state index in [1.807, 2.05) is 0 Å². The molecule has 106 valence electrons. The molecule has 1 aromatic rings. The van der Waals surface area contributed by atoms with Crippen molar-refractivity contribution in [3.8, 4) is 0 Å². The lowest BCUT2D eigenvalue weighted by Crippen LogP contribution is -2.53. The molecule has 0 radical (unpaired) electrons. The van der Waals surface area contributed by atoms with E-state index in [9.17, 15) is 14.4 Å². The molecule has 0 bridgehead atoms. The van der Waals surface area contributed by atoms with Crippen LogP contribution in [0.4, 0.5) is 5.69 Å². The van der Waals surface area contributed by atoms with Gasteiger partial charge >= 0.3 is 0 Å². The Hall–Kier alpha value is -1.92. The maximum absolute atomic E-state index is 11.8. The number of nitrogens with two attached hydrogens (primary N) is 1. The van der Waals surface area contributed by atoms with Gasteiger partial charge in [-0.05, 0) is 30.7 Å². The van der Waals surface area contributed by atoms with Gasteiger partial charge in [-0.2, -0.15) is 0 Å². The SMILES string of the molecule is NC1CCC(=O)N(CC(=O)Nc2ccc(Cl)cc2)C1=O. The highest BCUT2D eigenvalue weighted by atomic mass is 35.5. The first kappa shape index (κ1) is 14.5. The monoisotopic (exact) mass is 295 g/mol. The number of imide groups is 1. The number of anilines is 1. The minimum atomic E-state index is -0.712. The van der Waals surface area contributed by atoms with Crippen LogP contribution in [-0.4, -0.2) is 35.2 Å². The molecule has 1 heterocycles. The summed E-state index contributed by atoms with van der Waals surface area (Å²) in [4.78, 5) is 36.1. The van der Waals surface area contributed by atoms with E-state index in [0.29, 0.717) is 17.1 Å². The number of rotatable bonds is 3. The summed E-state index contributed by atoms with van der Waals surface area (Å²) in [6, 6.07) is 5.81. The molecule has 0 aliphatic carbocycles. The third-order valence-corrected chi connectivity index (χ3v) is 3.24. The third kappa shape index (κ3) is 3.34. The number of piperidine rings is 1. The Morgan fingerprint density at radius 2 is 2.00 bits per heavy atom. The smallest absolute Gasteiger partial charge is 0.246 e. The van der Waals surface area contributed by atoms with Crippen molar-refractivity contribution in [1.29, 1.82) is 0 Å². The van der Waals surface area contributed by atoms with Crippen molar-refractivity contribution in [2.24, 2.45) is 5.73 Å². The summed E-state index contributed by atoms with van der Waals surface area (Å²) in [5, 5.41) is 3.14. The number of hydrogen-bond acceptors (Lipinski definition) is 4. The molecule has 3 amide bonds.